The highest BCUT2D eigenvalue weighted by atomic mass is 16.6. The Balaban J connectivity index is 2.82. The maximum atomic E-state index is 10.4. The summed E-state index contributed by atoms with van der Waals surface area (Å²) in [6, 6.07) is 2.48. The standard InChI is InChI=1S/C8H8N2O5/c1-5-6(10(13)14)2-3-7(9-5)15-4-8(11)12/h2-3H,4H2,1H3,(H,11,12). The molecule has 80 valence electrons. The second-order valence-corrected chi connectivity index (χ2v) is 2.69. The summed E-state index contributed by atoms with van der Waals surface area (Å²) in [5.41, 5.74) is 0.0561. The van der Waals surface area contributed by atoms with E-state index in [-0.39, 0.29) is 17.3 Å². The van der Waals surface area contributed by atoms with Gasteiger partial charge in [-0.3, -0.25) is 10.1 Å². The molecule has 0 radical (unpaired) electrons. The smallest absolute Gasteiger partial charge is 0.341 e. The summed E-state index contributed by atoms with van der Waals surface area (Å²) in [6.45, 7) is 0.927. The predicted molar refractivity (Wildman–Crippen MR) is 48.8 cm³/mol. The summed E-state index contributed by atoms with van der Waals surface area (Å²) in [6.07, 6.45) is 0. The Kier molecular flexibility index (Phi) is 3.17. The van der Waals surface area contributed by atoms with Crippen LogP contribution < -0.4 is 4.74 Å². The van der Waals surface area contributed by atoms with E-state index in [4.69, 9.17) is 9.84 Å². The first-order valence-electron chi connectivity index (χ1n) is 3.97. The van der Waals surface area contributed by atoms with Crippen molar-refractivity contribution in [1.82, 2.24) is 4.98 Å². The summed E-state index contributed by atoms with van der Waals surface area (Å²) in [7, 11) is 0. The largest absolute Gasteiger partial charge is 0.479 e. The third-order valence-corrected chi connectivity index (χ3v) is 1.57. The number of carboxylic acids is 1. The lowest BCUT2D eigenvalue weighted by molar-refractivity contribution is -0.385. The average Bonchev–Trinajstić information content (AvgIpc) is 2.14. The molecule has 0 aliphatic rings. The van der Waals surface area contributed by atoms with Crippen LogP contribution in [0.25, 0.3) is 0 Å². The van der Waals surface area contributed by atoms with Gasteiger partial charge in [-0.05, 0) is 6.92 Å². The molecule has 0 fully saturated rings. The summed E-state index contributed by atoms with van der Waals surface area (Å²) >= 11 is 0. The zero-order valence-electron chi connectivity index (χ0n) is 7.84. The normalized spacial score (nSPS) is 9.67. The molecule has 1 N–H and O–H groups in total. The maximum absolute atomic E-state index is 10.4. The molecule has 1 rings (SSSR count). The second-order valence-electron chi connectivity index (χ2n) is 2.69. The Bertz CT molecular complexity index is 404. The minimum absolute atomic E-state index is 0.0560. The molecular formula is C8H8N2O5. The van der Waals surface area contributed by atoms with E-state index in [0.717, 1.165) is 0 Å². The topological polar surface area (TPSA) is 103 Å². The molecule has 0 unspecified atom stereocenters. The Hall–Kier alpha value is -2.18. The average molecular weight is 212 g/mol. The summed E-state index contributed by atoms with van der Waals surface area (Å²) in [5, 5.41) is 18.8. The number of aromatic nitrogens is 1. The Labute approximate surface area is 84.5 Å². The van der Waals surface area contributed by atoms with Gasteiger partial charge < -0.3 is 9.84 Å². The van der Waals surface area contributed by atoms with Crippen molar-refractivity contribution in [3.05, 3.63) is 27.9 Å². The van der Waals surface area contributed by atoms with Crippen LogP contribution in [0.5, 0.6) is 5.88 Å². The van der Waals surface area contributed by atoms with Crippen LogP contribution in [-0.2, 0) is 4.79 Å². The molecule has 0 spiro atoms. The van der Waals surface area contributed by atoms with Crippen LogP contribution in [0.4, 0.5) is 5.69 Å². The molecule has 15 heavy (non-hydrogen) atoms. The first-order chi connectivity index (χ1) is 7.00. The Morgan fingerprint density at radius 1 is 1.67 bits per heavy atom. The SMILES string of the molecule is Cc1nc(OCC(=O)O)ccc1[N+](=O)[O-]. The second kappa shape index (κ2) is 4.36. The lowest BCUT2D eigenvalue weighted by Gasteiger charge is -2.02. The maximum Gasteiger partial charge on any atom is 0.341 e. The molecule has 0 saturated heterocycles. The van der Waals surface area contributed by atoms with Crippen molar-refractivity contribution in [2.24, 2.45) is 0 Å². The van der Waals surface area contributed by atoms with Crippen LogP contribution in [0.2, 0.25) is 0 Å². The van der Waals surface area contributed by atoms with E-state index in [1.165, 1.54) is 19.1 Å². The number of nitro groups is 1. The number of nitrogens with zero attached hydrogens (tertiary/aromatic N) is 2. The first-order valence-corrected chi connectivity index (χ1v) is 3.97. The van der Waals surface area contributed by atoms with Gasteiger partial charge in [-0.15, -0.1) is 0 Å². The lowest BCUT2D eigenvalue weighted by Crippen LogP contribution is -2.10. The van der Waals surface area contributed by atoms with Gasteiger partial charge in [-0.25, -0.2) is 9.78 Å². The zero-order valence-corrected chi connectivity index (χ0v) is 7.84. The van der Waals surface area contributed by atoms with Crippen LogP contribution in [-0.4, -0.2) is 27.6 Å². The summed E-state index contributed by atoms with van der Waals surface area (Å²) in [5.74, 6) is -1.08. The Morgan fingerprint density at radius 3 is 2.80 bits per heavy atom. The van der Waals surface area contributed by atoms with Gasteiger partial charge in [0.2, 0.25) is 5.88 Å². The zero-order chi connectivity index (χ0) is 11.4. The van der Waals surface area contributed by atoms with E-state index in [9.17, 15) is 14.9 Å². The molecule has 7 nitrogen and oxygen atoms in total. The number of carboxylic acid groups (broad SMARTS) is 1. The molecule has 0 saturated carbocycles. The van der Waals surface area contributed by atoms with Crippen LogP contribution in [0.3, 0.4) is 0 Å². The van der Waals surface area contributed by atoms with Gasteiger partial charge in [-0.1, -0.05) is 0 Å². The van der Waals surface area contributed by atoms with Gasteiger partial charge >= 0.3 is 5.97 Å². The number of carbonyl (C=O) groups is 1. The number of aliphatic carboxylic acids is 1. The molecule has 1 heterocycles. The van der Waals surface area contributed by atoms with Gasteiger partial charge in [-0.2, -0.15) is 0 Å². The first kappa shape index (κ1) is 10.9. The molecule has 0 amide bonds. The van der Waals surface area contributed by atoms with Gasteiger partial charge in [0, 0.05) is 12.1 Å². The fourth-order valence-electron chi connectivity index (χ4n) is 0.940. The lowest BCUT2D eigenvalue weighted by atomic mass is 10.3. The summed E-state index contributed by atoms with van der Waals surface area (Å²) < 4.78 is 4.75. The summed E-state index contributed by atoms with van der Waals surface area (Å²) in [4.78, 5) is 23.8. The van der Waals surface area contributed by atoms with Gasteiger partial charge in [0.05, 0.1) is 4.92 Å². The van der Waals surface area contributed by atoms with Gasteiger partial charge in [0.1, 0.15) is 5.69 Å². The molecule has 1 aromatic rings. The van der Waals surface area contributed by atoms with Crippen molar-refractivity contribution in [3.8, 4) is 5.88 Å². The Morgan fingerprint density at radius 2 is 2.33 bits per heavy atom. The number of pyridine rings is 1. The van der Waals surface area contributed by atoms with Crippen molar-refractivity contribution in [1.29, 1.82) is 0 Å². The quantitative estimate of drug-likeness (QED) is 0.583. The third-order valence-electron chi connectivity index (χ3n) is 1.57. The van der Waals surface area contributed by atoms with Crippen molar-refractivity contribution in [2.75, 3.05) is 6.61 Å². The third kappa shape index (κ3) is 2.90. The number of hydrogen-bond acceptors (Lipinski definition) is 5. The monoisotopic (exact) mass is 212 g/mol. The number of aryl methyl sites for hydroxylation is 1. The van der Waals surface area contributed by atoms with Crippen LogP contribution in [0.1, 0.15) is 5.69 Å². The highest BCUT2D eigenvalue weighted by Gasteiger charge is 2.12. The minimum atomic E-state index is -1.13. The minimum Gasteiger partial charge on any atom is -0.479 e. The van der Waals surface area contributed by atoms with Crippen LogP contribution in [0.15, 0.2) is 12.1 Å². The number of ether oxygens (including phenoxy) is 1. The van der Waals surface area contributed by atoms with E-state index in [1.54, 1.807) is 0 Å². The number of rotatable bonds is 4. The van der Waals surface area contributed by atoms with Gasteiger partial charge in [0.15, 0.2) is 6.61 Å². The highest BCUT2D eigenvalue weighted by molar-refractivity contribution is 5.68. The van der Waals surface area contributed by atoms with Crippen molar-refractivity contribution in [2.45, 2.75) is 6.92 Å². The van der Waals surface area contributed by atoms with E-state index in [1.807, 2.05) is 0 Å². The fraction of sp³-hybridized carbons (Fsp3) is 0.250. The molecular weight excluding hydrogens is 204 g/mol. The van der Waals surface area contributed by atoms with Crippen LogP contribution >= 0.6 is 0 Å². The van der Waals surface area contributed by atoms with E-state index >= 15 is 0 Å². The van der Waals surface area contributed by atoms with Crippen molar-refractivity contribution >= 4 is 11.7 Å². The molecule has 0 aliphatic carbocycles. The van der Waals surface area contributed by atoms with Crippen LogP contribution in [0, 0.1) is 17.0 Å². The molecule has 0 atom stereocenters. The molecule has 0 aliphatic heterocycles. The number of hydrogen-bond donors (Lipinski definition) is 1. The molecule has 1 aromatic heterocycles. The van der Waals surface area contributed by atoms with E-state index < -0.39 is 17.5 Å². The van der Waals surface area contributed by atoms with Crippen molar-refractivity contribution < 1.29 is 19.6 Å². The molecule has 0 bridgehead atoms. The van der Waals surface area contributed by atoms with E-state index in [2.05, 4.69) is 4.98 Å². The van der Waals surface area contributed by atoms with Gasteiger partial charge in [0.25, 0.3) is 5.69 Å². The highest BCUT2D eigenvalue weighted by Crippen LogP contribution is 2.18. The predicted octanol–water partition coefficient (Wildman–Crippen LogP) is 0.762. The molecule has 0 aromatic carbocycles. The van der Waals surface area contributed by atoms with Crippen molar-refractivity contribution in [3.63, 3.8) is 0 Å². The fourth-order valence-corrected chi connectivity index (χ4v) is 0.940. The molecule has 7 heteroatoms. The van der Waals surface area contributed by atoms with E-state index in [0.29, 0.717) is 0 Å².